The van der Waals surface area contributed by atoms with E-state index in [9.17, 15) is 19.2 Å². The summed E-state index contributed by atoms with van der Waals surface area (Å²) in [5.74, 6) is -0.928. The molecule has 8 nitrogen and oxygen atoms in total. The summed E-state index contributed by atoms with van der Waals surface area (Å²) in [6.07, 6.45) is 1.82. The summed E-state index contributed by atoms with van der Waals surface area (Å²) in [5, 5.41) is 8.52. The van der Waals surface area contributed by atoms with Gasteiger partial charge in [-0.25, -0.2) is 4.79 Å². The van der Waals surface area contributed by atoms with Crippen molar-refractivity contribution in [1.82, 2.24) is 15.5 Å². The second-order valence-corrected chi connectivity index (χ2v) is 8.70. The van der Waals surface area contributed by atoms with Crippen molar-refractivity contribution >= 4 is 41.0 Å². The number of nitrogens with one attached hydrogen (secondary N) is 3. The molecule has 2 aliphatic rings. The Morgan fingerprint density at radius 1 is 1.21 bits per heavy atom. The van der Waals surface area contributed by atoms with E-state index in [-0.39, 0.29) is 24.3 Å². The number of carbonyl (C=O) groups is 4. The quantitative estimate of drug-likeness (QED) is 0.586. The Balaban J connectivity index is 1.38. The molecule has 0 spiro atoms. The molecule has 0 aliphatic carbocycles. The zero-order chi connectivity index (χ0) is 23.5. The van der Waals surface area contributed by atoms with Gasteiger partial charge in [-0.15, -0.1) is 0 Å². The molecule has 2 aromatic carbocycles. The number of amides is 5. The van der Waals surface area contributed by atoms with Crippen LogP contribution in [0.5, 0.6) is 0 Å². The van der Waals surface area contributed by atoms with Gasteiger partial charge in [-0.1, -0.05) is 29.8 Å². The van der Waals surface area contributed by atoms with E-state index in [1.807, 2.05) is 19.1 Å². The fraction of sp³-hybridized carbons (Fsp3) is 0.333. The molecule has 2 aromatic rings. The monoisotopic (exact) mass is 468 g/mol. The number of imide groups is 1. The SMILES string of the molecule is Cc1ccc(NC(=O)NCCc2cccc3c2CN(C2CCCC(=O)NC2=O)C3=O)cc1Cl. The third-order valence-corrected chi connectivity index (χ3v) is 6.43. The van der Waals surface area contributed by atoms with E-state index in [1.165, 1.54) is 0 Å². The molecule has 0 aromatic heterocycles. The highest BCUT2D eigenvalue weighted by Gasteiger charge is 2.38. The number of anilines is 1. The molecule has 0 saturated carbocycles. The molecular formula is C24H25ClN4O4. The molecule has 1 fully saturated rings. The van der Waals surface area contributed by atoms with Gasteiger partial charge in [0.15, 0.2) is 0 Å². The zero-order valence-electron chi connectivity index (χ0n) is 18.2. The Morgan fingerprint density at radius 2 is 2.03 bits per heavy atom. The maximum Gasteiger partial charge on any atom is 0.319 e. The Labute approximate surface area is 196 Å². The van der Waals surface area contributed by atoms with E-state index < -0.39 is 11.9 Å². The molecule has 1 saturated heterocycles. The molecule has 3 N–H and O–H groups in total. The Morgan fingerprint density at radius 3 is 2.82 bits per heavy atom. The van der Waals surface area contributed by atoms with Gasteiger partial charge in [-0.3, -0.25) is 19.7 Å². The van der Waals surface area contributed by atoms with Crippen LogP contribution >= 0.6 is 11.6 Å². The van der Waals surface area contributed by atoms with Crippen molar-refractivity contribution < 1.29 is 19.2 Å². The lowest BCUT2D eigenvalue weighted by molar-refractivity contribution is -0.132. The molecule has 2 heterocycles. The van der Waals surface area contributed by atoms with Crippen LogP contribution in [0.15, 0.2) is 36.4 Å². The Hall–Kier alpha value is -3.39. The van der Waals surface area contributed by atoms with Gasteiger partial charge in [-0.2, -0.15) is 0 Å². The van der Waals surface area contributed by atoms with Crippen molar-refractivity contribution in [3.05, 3.63) is 63.7 Å². The van der Waals surface area contributed by atoms with Gasteiger partial charge >= 0.3 is 6.03 Å². The van der Waals surface area contributed by atoms with E-state index in [2.05, 4.69) is 16.0 Å². The Kier molecular flexibility index (Phi) is 6.65. The first-order chi connectivity index (χ1) is 15.8. The summed E-state index contributed by atoms with van der Waals surface area (Å²) in [4.78, 5) is 50.9. The maximum absolute atomic E-state index is 13.0. The Bertz CT molecular complexity index is 1130. The minimum absolute atomic E-state index is 0.205. The first kappa shape index (κ1) is 22.8. The van der Waals surface area contributed by atoms with Crippen molar-refractivity contribution in [3.63, 3.8) is 0 Å². The second kappa shape index (κ2) is 9.62. The minimum Gasteiger partial charge on any atom is -0.338 e. The first-order valence-corrected chi connectivity index (χ1v) is 11.3. The number of halogens is 1. The first-order valence-electron chi connectivity index (χ1n) is 10.9. The normalized spacial score (nSPS) is 17.9. The molecule has 4 rings (SSSR count). The molecule has 2 aliphatic heterocycles. The van der Waals surface area contributed by atoms with E-state index in [1.54, 1.807) is 29.2 Å². The van der Waals surface area contributed by atoms with Crippen molar-refractivity contribution in [3.8, 4) is 0 Å². The summed E-state index contributed by atoms with van der Waals surface area (Å²) >= 11 is 6.10. The lowest BCUT2D eigenvalue weighted by Gasteiger charge is -2.24. The molecule has 1 atom stereocenters. The van der Waals surface area contributed by atoms with Crippen LogP contribution in [0.1, 0.15) is 46.3 Å². The smallest absolute Gasteiger partial charge is 0.319 e. The number of nitrogens with zero attached hydrogens (tertiary/aromatic N) is 1. The number of rotatable bonds is 5. The van der Waals surface area contributed by atoms with Crippen molar-refractivity contribution in [2.45, 2.75) is 45.2 Å². The number of hydrogen-bond acceptors (Lipinski definition) is 4. The predicted molar refractivity (Wildman–Crippen MR) is 124 cm³/mol. The standard InChI is InChI=1S/C24H25ClN4O4/c1-14-8-9-16(12-19(14)25)27-24(33)26-11-10-15-4-2-5-17-18(15)13-29(23(17)32)20-6-3-7-21(30)28-22(20)31/h2,4-5,8-9,12,20H,3,6-7,10-11,13H2,1H3,(H2,26,27,33)(H,28,30,31). The highest BCUT2D eigenvalue weighted by molar-refractivity contribution is 6.31. The molecule has 0 bridgehead atoms. The van der Waals surface area contributed by atoms with Crippen molar-refractivity contribution in [2.24, 2.45) is 0 Å². The van der Waals surface area contributed by atoms with Gasteiger partial charge in [0.2, 0.25) is 11.8 Å². The van der Waals surface area contributed by atoms with Crippen LogP contribution in [0.2, 0.25) is 5.02 Å². The van der Waals surface area contributed by atoms with Crippen LogP contribution in [0.4, 0.5) is 10.5 Å². The predicted octanol–water partition coefficient (Wildman–Crippen LogP) is 3.16. The van der Waals surface area contributed by atoms with Gasteiger partial charge in [0, 0.05) is 35.8 Å². The van der Waals surface area contributed by atoms with Gasteiger partial charge < -0.3 is 15.5 Å². The van der Waals surface area contributed by atoms with Crippen molar-refractivity contribution in [1.29, 1.82) is 0 Å². The van der Waals surface area contributed by atoms with Crippen LogP contribution in [0.3, 0.4) is 0 Å². The van der Waals surface area contributed by atoms with Crippen LogP contribution in [0.25, 0.3) is 0 Å². The largest absolute Gasteiger partial charge is 0.338 e. The van der Waals surface area contributed by atoms with E-state index in [0.29, 0.717) is 48.6 Å². The average molecular weight is 469 g/mol. The molecule has 172 valence electrons. The second-order valence-electron chi connectivity index (χ2n) is 8.29. The summed E-state index contributed by atoms with van der Waals surface area (Å²) in [6.45, 7) is 2.57. The van der Waals surface area contributed by atoms with Gasteiger partial charge in [0.25, 0.3) is 5.91 Å². The third-order valence-electron chi connectivity index (χ3n) is 6.03. The van der Waals surface area contributed by atoms with E-state index >= 15 is 0 Å². The highest BCUT2D eigenvalue weighted by Crippen LogP contribution is 2.30. The van der Waals surface area contributed by atoms with Gasteiger partial charge in [-0.05, 0) is 61.1 Å². The third kappa shape index (κ3) is 5.01. The molecular weight excluding hydrogens is 444 g/mol. The fourth-order valence-electron chi connectivity index (χ4n) is 4.23. The summed E-state index contributed by atoms with van der Waals surface area (Å²) < 4.78 is 0. The summed E-state index contributed by atoms with van der Waals surface area (Å²) in [7, 11) is 0. The molecule has 1 unspecified atom stereocenters. The van der Waals surface area contributed by atoms with Gasteiger partial charge in [0.1, 0.15) is 6.04 Å². The highest BCUT2D eigenvalue weighted by atomic mass is 35.5. The number of carbonyl (C=O) groups excluding carboxylic acids is 4. The van der Waals surface area contributed by atoms with E-state index in [0.717, 1.165) is 16.7 Å². The number of benzene rings is 2. The lowest BCUT2D eigenvalue weighted by Crippen LogP contribution is -2.46. The number of fused-ring (bicyclic) bond motifs is 1. The minimum atomic E-state index is -0.658. The van der Waals surface area contributed by atoms with Crippen LogP contribution in [-0.2, 0) is 22.6 Å². The topological polar surface area (TPSA) is 108 Å². The molecule has 5 amide bonds. The fourth-order valence-corrected chi connectivity index (χ4v) is 4.41. The van der Waals surface area contributed by atoms with Gasteiger partial charge in [0.05, 0.1) is 0 Å². The van der Waals surface area contributed by atoms with Crippen molar-refractivity contribution in [2.75, 3.05) is 11.9 Å². The molecule has 0 radical (unpaired) electrons. The maximum atomic E-state index is 13.0. The van der Waals surface area contributed by atoms with Crippen LogP contribution in [-0.4, -0.2) is 41.2 Å². The number of urea groups is 1. The molecule has 33 heavy (non-hydrogen) atoms. The average Bonchev–Trinajstić information content (AvgIpc) is 3.00. The summed E-state index contributed by atoms with van der Waals surface area (Å²) in [5.41, 5.74) is 3.89. The zero-order valence-corrected chi connectivity index (χ0v) is 19.0. The lowest BCUT2D eigenvalue weighted by atomic mass is 10.0. The van der Waals surface area contributed by atoms with Crippen LogP contribution < -0.4 is 16.0 Å². The summed E-state index contributed by atoms with van der Waals surface area (Å²) in [6, 6.07) is 9.78. The number of aryl methyl sites for hydroxylation is 1. The van der Waals surface area contributed by atoms with Crippen LogP contribution in [0, 0.1) is 6.92 Å². The number of hydrogen-bond donors (Lipinski definition) is 3. The molecule has 9 heteroatoms. The van der Waals surface area contributed by atoms with E-state index in [4.69, 9.17) is 11.6 Å².